The van der Waals surface area contributed by atoms with E-state index in [9.17, 15) is 9.59 Å². The molecule has 2 bridgehead atoms. The van der Waals surface area contributed by atoms with E-state index in [-0.39, 0.29) is 17.4 Å². The first kappa shape index (κ1) is 29.4. The Labute approximate surface area is 252 Å². The number of hydrogen-bond donors (Lipinski definition) is 0. The molecule has 6 rings (SSSR count). The molecule has 0 radical (unpaired) electrons. The van der Waals surface area contributed by atoms with Gasteiger partial charge >= 0.3 is 11.9 Å². The van der Waals surface area contributed by atoms with Crippen LogP contribution < -0.4 is 9.47 Å². The summed E-state index contributed by atoms with van der Waals surface area (Å²) in [4.78, 5) is 27.6. The Bertz CT molecular complexity index is 1210. The molecular formula is C37H49NO4. The van der Waals surface area contributed by atoms with Crippen molar-refractivity contribution in [3.8, 4) is 11.5 Å². The lowest BCUT2D eigenvalue weighted by atomic mass is 9.52. The lowest BCUT2D eigenvalue weighted by Gasteiger charge is -2.59. The van der Waals surface area contributed by atoms with Crippen molar-refractivity contribution in [2.75, 3.05) is 13.1 Å². The van der Waals surface area contributed by atoms with Crippen LogP contribution in [-0.4, -0.2) is 36.0 Å². The van der Waals surface area contributed by atoms with E-state index in [1.54, 1.807) is 12.1 Å². The van der Waals surface area contributed by atoms with Crippen molar-refractivity contribution in [1.82, 2.24) is 4.90 Å². The molecule has 1 aliphatic heterocycles. The monoisotopic (exact) mass is 571 g/mol. The molecule has 42 heavy (non-hydrogen) atoms. The highest BCUT2D eigenvalue weighted by molar-refractivity contribution is 5.72. The van der Waals surface area contributed by atoms with Gasteiger partial charge in [0.1, 0.15) is 11.5 Å². The van der Waals surface area contributed by atoms with E-state index in [1.807, 2.05) is 24.3 Å². The van der Waals surface area contributed by atoms with Gasteiger partial charge in [-0.1, -0.05) is 69.2 Å². The fraction of sp³-hybridized carbons (Fsp3) is 0.622. The van der Waals surface area contributed by atoms with Gasteiger partial charge in [-0.25, -0.2) is 0 Å². The van der Waals surface area contributed by atoms with Gasteiger partial charge in [0.05, 0.1) is 0 Å². The second-order valence-electron chi connectivity index (χ2n) is 13.5. The minimum Gasteiger partial charge on any atom is -0.427 e. The molecular weight excluding hydrogens is 522 g/mol. The Morgan fingerprint density at radius 1 is 0.762 bits per heavy atom. The highest BCUT2D eigenvalue weighted by Gasteiger charge is 2.54. The van der Waals surface area contributed by atoms with E-state index in [0.29, 0.717) is 24.6 Å². The van der Waals surface area contributed by atoms with Crippen LogP contribution in [0.5, 0.6) is 11.5 Å². The number of likely N-dealkylation sites (tertiary alicyclic amines) is 1. The highest BCUT2D eigenvalue weighted by atomic mass is 16.5. The molecule has 1 unspecified atom stereocenters. The lowest BCUT2D eigenvalue weighted by Crippen LogP contribution is -2.61. The number of para-hydroxylation sites is 1. The van der Waals surface area contributed by atoms with Crippen LogP contribution in [0.3, 0.4) is 0 Å². The molecule has 3 atom stereocenters. The number of benzene rings is 2. The summed E-state index contributed by atoms with van der Waals surface area (Å²) in [5.74, 6) is 2.76. The van der Waals surface area contributed by atoms with E-state index < -0.39 is 0 Å². The summed E-state index contributed by atoms with van der Waals surface area (Å²) >= 11 is 0. The molecule has 3 aliphatic carbocycles. The van der Waals surface area contributed by atoms with Crippen molar-refractivity contribution in [2.24, 2.45) is 11.8 Å². The van der Waals surface area contributed by atoms with Gasteiger partial charge in [-0.15, -0.1) is 0 Å². The minimum atomic E-state index is -0.168. The molecule has 0 amide bonds. The lowest BCUT2D eigenvalue weighted by molar-refractivity contribution is -0.135. The summed E-state index contributed by atoms with van der Waals surface area (Å²) in [6.07, 6.45) is 18.8. The second-order valence-corrected chi connectivity index (χ2v) is 13.5. The standard InChI is InChI=1S/C37H49NO4/c39-35(41-30-15-6-5-7-16-30)18-8-3-1-2-4-9-19-36(40)42-31-21-20-29-25-34-32-17-10-11-22-37(32,33(29)26-31)23-24-38(34)27-28-13-12-14-28/h5-7,15-16,20-21,26,28,32,34H,1-4,8-14,17-19,22-25,27H2/t32?,34-,37-/m1/s1. The van der Waals surface area contributed by atoms with Gasteiger partial charge in [0.2, 0.25) is 0 Å². The van der Waals surface area contributed by atoms with E-state index in [0.717, 1.165) is 62.5 Å². The predicted octanol–water partition coefficient (Wildman–Crippen LogP) is 8.18. The molecule has 226 valence electrons. The number of unbranched alkanes of at least 4 members (excludes halogenated alkanes) is 5. The first-order valence-electron chi connectivity index (χ1n) is 16.9. The molecule has 5 nitrogen and oxygen atoms in total. The fourth-order valence-corrected chi connectivity index (χ4v) is 8.46. The van der Waals surface area contributed by atoms with Gasteiger partial charge in [0, 0.05) is 30.8 Å². The van der Waals surface area contributed by atoms with E-state index in [1.165, 1.54) is 75.6 Å². The fourth-order valence-electron chi connectivity index (χ4n) is 8.46. The smallest absolute Gasteiger partial charge is 0.311 e. The molecule has 1 saturated heterocycles. The van der Waals surface area contributed by atoms with E-state index >= 15 is 0 Å². The van der Waals surface area contributed by atoms with Crippen LogP contribution >= 0.6 is 0 Å². The Balaban J connectivity index is 0.932. The van der Waals surface area contributed by atoms with Crippen LogP contribution in [0.15, 0.2) is 48.5 Å². The topological polar surface area (TPSA) is 55.8 Å². The maximum Gasteiger partial charge on any atom is 0.311 e. The Kier molecular flexibility index (Phi) is 9.63. The molecule has 0 N–H and O–H groups in total. The van der Waals surface area contributed by atoms with Crippen molar-refractivity contribution in [3.05, 3.63) is 59.7 Å². The number of nitrogens with zero attached hydrogens (tertiary/aromatic N) is 1. The molecule has 2 aromatic carbocycles. The molecule has 5 heteroatoms. The Morgan fingerprint density at radius 3 is 2.19 bits per heavy atom. The van der Waals surface area contributed by atoms with E-state index in [4.69, 9.17) is 9.47 Å². The molecule has 3 fully saturated rings. The van der Waals surface area contributed by atoms with Crippen molar-refractivity contribution >= 4 is 11.9 Å². The van der Waals surface area contributed by atoms with Crippen LogP contribution in [0.4, 0.5) is 0 Å². The molecule has 2 saturated carbocycles. The number of carbonyl (C=O) groups is 2. The molecule has 2 aromatic rings. The summed E-state index contributed by atoms with van der Waals surface area (Å²) < 4.78 is 11.3. The zero-order valence-electron chi connectivity index (χ0n) is 25.4. The van der Waals surface area contributed by atoms with Crippen molar-refractivity contribution in [3.63, 3.8) is 0 Å². The predicted molar refractivity (Wildman–Crippen MR) is 166 cm³/mol. The van der Waals surface area contributed by atoms with Gasteiger partial charge in [-0.05, 0) is 105 Å². The maximum absolute atomic E-state index is 12.7. The third kappa shape index (κ3) is 6.77. The van der Waals surface area contributed by atoms with Gasteiger partial charge in [0.15, 0.2) is 0 Å². The maximum atomic E-state index is 12.7. The van der Waals surface area contributed by atoms with Crippen molar-refractivity contribution < 1.29 is 19.1 Å². The van der Waals surface area contributed by atoms with Gasteiger partial charge < -0.3 is 9.47 Å². The van der Waals surface area contributed by atoms with Crippen LogP contribution in [0.1, 0.15) is 114 Å². The van der Waals surface area contributed by atoms with Gasteiger partial charge in [-0.2, -0.15) is 0 Å². The number of carbonyl (C=O) groups excluding carboxylic acids is 2. The zero-order valence-corrected chi connectivity index (χ0v) is 25.4. The summed E-state index contributed by atoms with van der Waals surface area (Å²) in [5.41, 5.74) is 3.29. The van der Waals surface area contributed by atoms with E-state index in [2.05, 4.69) is 17.0 Å². The van der Waals surface area contributed by atoms with Crippen LogP contribution in [0.2, 0.25) is 0 Å². The third-order valence-electron chi connectivity index (χ3n) is 10.9. The SMILES string of the molecule is O=C(CCCCCCCCC(=O)Oc1ccc2c(c1)[C@@]13CCCCC1[C@@H](C2)N(CC1CCC1)CC3)Oc1ccccc1. The summed E-state index contributed by atoms with van der Waals surface area (Å²) in [6.45, 7) is 2.55. The molecule has 4 aliphatic rings. The van der Waals surface area contributed by atoms with Crippen LogP contribution in [-0.2, 0) is 21.4 Å². The summed E-state index contributed by atoms with van der Waals surface area (Å²) in [6, 6.07) is 16.5. The quantitative estimate of drug-likeness (QED) is 0.138. The summed E-state index contributed by atoms with van der Waals surface area (Å²) in [5, 5.41) is 0. The number of hydrogen-bond acceptors (Lipinski definition) is 5. The second kappa shape index (κ2) is 13.8. The van der Waals surface area contributed by atoms with Crippen molar-refractivity contribution in [1.29, 1.82) is 0 Å². The molecule has 0 spiro atoms. The van der Waals surface area contributed by atoms with Crippen molar-refractivity contribution in [2.45, 2.75) is 121 Å². The number of ether oxygens (including phenoxy) is 2. The van der Waals surface area contributed by atoms with Gasteiger partial charge in [-0.3, -0.25) is 14.5 Å². The number of esters is 2. The van der Waals surface area contributed by atoms with Gasteiger partial charge in [0.25, 0.3) is 0 Å². The van der Waals surface area contributed by atoms with Crippen LogP contribution in [0, 0.1) is 11.8 Å². The largest absolute Gasteiger partial charge is 0.427 e. The molecule has 0 aromatic heterocycles. The number of fused-ring (bicyclic) bond motifs is 1. The minimum absolute atomic E-state index is 0.111. The Hall–Kier alpha value is -2.66. The average molecular weight is 572 g/mol. The third-order valence-corrected chi connectivity index (χ3v) is 10.9. The number of rotatable bonds is 13. The number of piperidine rings is 1. The Morgan fingerprint density at radius 2 is 1.48 bits per heavy atom. The summed E-state index contributed by atoms with van der Waals surface area (Å²) in [7, 11) is 0. The molecule has 1 heterocycles. The first-order chi connectivity index (χ1) is 20.6. The average Bonchev–Trinajstić information content (AvgIpc) is 2.98. The van der Waals surface area contributed by atoms with Crippen LogP contribution in [0.25, 0.3) is 0 Å². The highest BCUT2D eigenvalue weighted by Crippen LogP contribution is 2.56. The first-order valence-corrected chi connectivity index (χ1v) is 16.9. The zero-order chi connectivity index (χ0) is 28.8. The normalized spacial score (nSPS) is 25.1.